The zero-order valence-electron chi connectivity index (χ0n) is 15.6. The number of nitrogens with one attached hydrogen (secondary N) is 3. The summed E-state index contributed by atoms with van der Waals surface area (Å²) in [5.41, 5.74) is 5.01. The van der Waals surface area contributed by atoms with Gasteiger partial charge in [0.25, 0.3) is 0 Å². The summed E-state index contributed by atoms with van der Waals surface area (Å²) in [6, 6.07) is 6.50. The number of H-pyrrole nitrogens is 1. The van der Waals surface area contributed by atoms with E-state index in [2.05, 4.69) is 58.9 Å². The summed E-state index contributed by atoms with van der Waals surface area (Å²) >= 11 is 0. The highest BCUT2D eigenvalue weighted by Crippen LogP contribution is 2.36. The molecule has 4 nitrogen and oxygen atoms in total. The van der Waals surface area contributed by atoms with E-state index in [4.69, 9.17) is 6.42 Å². The van der Waals surface area contributed by atoms with Crippen LogP contribution in [0.25, 0.3) is 16.5 Å². The van der Waals surface area contributed by atoms with E-state index < -0.39 is 0 Å². The Labute approximate surface area is 155 Å². The summed E-state index contributed by atoms with van der Waals surface area (Å²) in [6.07, 6.45) is 12.4. The lowest BCUT2D eigenvalue weighted by atomic mass is 9.86. The van der Waals surface area contributed by atoms with Gasteiger partial charge in [-0.2, -0.15) is 0 Å². The molecule has 0 fully saturated rings. The summed E-state index contributed by atoms with van der Waals surface area (Å²) in [7, 11) is 0. The Hall–Kier alpha value is -2.51. The van der Waals surface area contributed by atoms with E-state index in [-0.39, 0.29) is 17.9 Å². The van der Waals surface area contributed by atoms with Crippen molar-refractivity contribution < 1.29 is 4.79 Å². The summed E-state index contributed by atoms with van der Waals surface area (Å²) < 4.78 is 0. The van der Waals surface area contributed by atoms with Crippen molar-refractivity contribution >= 4 is 22.4 Å². The lowest BCUT2D eigenvalue weighted by Crippen LogP contribution is -2.40. The van der Waals surface area contributed by atoms with Crippen LogP contribution < -0.4 is 10.6 Å². The fraction of sp³-hybridized carbons (Fsp3) is 0.409. The number of aryl methyl sites for hydroxylation is 1. The molecule has 1 aromatic heterocycles. The van der Waals surface area contributed by atoms with Crippen LogP contribution in [0.5, 0.6) is 0 Å². The second-order valence-electron chi connectivity index (χ2n) is 6.99. The first-order valence-corrected chi connectivity index (χ1v) is 9.38. The maximum Gasteiger partial charge on any atom is 0.228 e. The predicted molar refractivity (Wildman–Crippen MR) is 108 cm³/mol. The van der Waals surface area contributed by atoms with E-state index in [1.54, 1.807) is 0 Å². The lowest BCUT2D eigenvalue weighted by Gasteiger charge is -2.21. The molecule has 3 N–H and O–H groups in total. The molecule has 0 bridgehead atoms. The topological polar surface area (TPSA) is 56.9 Å². The van der Waals surface area contributed by atoms with E-state index in [0.717, 1.165) is 24.8 Å². The van der Waals surface area contributed by atoms with Crippen molar-refractivity contribution in [3.05, 3.63) is 41.6 Å². The van der Waals surface area contributed by atoms with Crippen LogP contribution in [0.15, 0.2) is 30.5 Å². The number of carbonyl (C=O) groups excluding carboxylic acids is 1. The zero-order chi connectivity index (χ0) is 18.5. The van der Waals surface area contributed by atoms with Gasteiger partial charge in [0.1, 0.15) is 0 Å². The average molecular weight is 349 g/mol. The van der Waals surface area contributed by atoms with Gasteiger partial charge in [-0.3, -0.25) is 4.79 Å². The molecule has 0 saturated heterocycles. The van der Waals surface area contributed by atoms with Crippen molar-refractivity contribution in [1.82, 2.24) is 15.6 Å². The van der Waals surface area contributed by atoms with Crippen LogP contribution in [0.3, 0.4) is 0 Å². The van der Waals surface area contributed by atoms with Crippen molar-refractivity contribution in [3.63, 3.8) is 0 Å². The van der Waals surface area contributed by atoms with Crippen LogP contribution >= 0.6 is 0 Å². The van der Waals surface area contributed by atoms with Gasteiger partial charge in [-0.15, -0.1) is 6.42 Å². The molecule has 3 rings (SSSR count). The quantitative estimate of drug-likeness (QED) is 0.531. The maximum atomic E-state index is 12.8. The number of hydrogen-bond acceptors (Lipinski definition) is 2. The van der Waals surface area contributed by atoms with Crippen LogP contribution in [0, 0.1) is 18.3 Å². The number of amides is 1. The monoisotopic (exact) mass is 349 g/mol. The van der Waals surface area contributed by atoms with Crippen LogP contribution in [0.2, 0.25) is 0 Å². The molecule has 26 heavy (non-hydrogen) atoms. The highest BCUT2D eigenvalue weighted by Gasteiger charge is 2.22. The molecule has 0 spiro atoms. The van der Waals surface area contributed by atoms with Crippen molar-refractivity contribution in [2.24, 2.45) is 5.92 Å². The summed E-state index contributed by atoms with van der Waals surface area (Å²) in [5.74, 6) is 2.40. The van der Waals surface area contributed by atoms with Gasteiger partial charge in [0.05, 0.1) is 12.5 Å². The zero-order valence-corrected chi connectivity index (χ0v) is 15.6. The van der Waals surface area contributed by atoms with Crippen LogP contribution in [-0.2, 0) is 11.2 Å². The normalized spacial score (nSPS) is 17.0. The Morgan fingerprint density at radius 3 is 3.04 bits per heavy atom. The van der Waals surface area contributed by atoms with E-state index >= 15 is 0 Å². The number of aromatic nitrogens is 1. The standard InChI is InChI=1S/C22H27N3O/c1-4-11-23-13-18(22(26)25-15(3)5-2)12-16-9-10-17-14-24-20-8-6-7-19(16)21(17)20/h1,6-8,12,14-15,18,23-24H,5,9-11,13H2,2-3H3,(H,25,26)/b16-12+. The van der Waals surface area contributed by atoms with Crippen molar-refractivity contribution in [1.29, 1.82) is 0 Å². The average Bonchev–Trinajstić information content (AvgIpc) is 3.07. The Kier molecular flexibility index (Phi) is 5.80. The first-order chi connectivity index (χ1) is 12.6. The van der Waals surface area contributed by atoms with Gasteiger partial charge in [0.15, 0.2) is 0 Å². The van der Waals surface area contributed by atoms with Gasteiger partial charge >= 0.3 is 0 Å². The predicted octanol–water partition coefficient (Wildman–Crippen LogP) is 3.25. The molecular weight excluding hydrogens is 322 g/mol. The minimum absolute atomic E-state index is 0.0587. The Balaban J connectivity index is 1.90. The largest absolute Gasteiger partial charge is 0.361 e. The minimum Gasteiger partial charge on any atom is -0.361 e. The highest BCUT2D eigenvalue weighted by molar-refractivity contribution is 5.97. The van der Waals surface area contributed by atoms with E-state index in [0.29, 0.717) is 13.1 Å². The van der Waals surface area contributed by atoms with Gasteiger partial charge in [0.2, 0.25) is 5.91 Å². The van der Waals surface area contributed by atoms with E-state index in [1.165, 1.54) is 22.1 Å². The number of benzene rings is 1. The van der Waals surface area contributed by atoms with Gasteiger partial charge in [-0.25, -0.2) is 0 Å². The fourth-order valence-corrected chi connectivity index (χ4v) is 3.52. The van der Waals surface area contributed by atoms with Crippen molar-refractivity contribution in [2.75, 3.05) is 13.1 Å². The van der Waals surface area contributed by atoms with Gasteiger partial charge in [-0.1, -0.05) is 31.1 Å². The first-order valence-electron chi connectivity index (χ1n) is 9.38. The third-order valence-corrected chi connectivity index (χ3v) is 5.13. The molecule has 1 amide bonds. The smallest absolute Gasteiger partial charge is 0.228 e. The van der Waals surface area contributed by atoms with Crippen LogP contribution in [0.1, 0.15) is 37.8 Å². The molecule has 0 saturated carbocycles. The maximum absolute atomic E-state index is 12.8. The van der Waals surface area contributed by atoms with Gasteiger partial charge in [0, 0.05) is 29.7 Å². The third-order valence-electron chi connectivity index (χ3n) is 5.13. The Bertz CT molecular complexity index is 856. The molecular formula is C22H27N3O. The SMILES string of the molecule is C#CCNCC(/C=C1\CCc2c[nH]c3cccc1c23)C(=O)NC(C)CC. The number of allylic oxidation sites excluding steroid dienone is 1. The second kappa shape index (κ2) is 8.25. The van der Waals surface area contributed by atoms with Gasteiger partial charge in [-0.05, 0) is 49.0 Å². The molecule has 2 atom stereocenters. The number of rotatable bonds is 7. The van der Waals surface area contributed by atoms with Crippen molar-refractivity contribution in [3.8, 4) is 12.3 Å². The second-order valence-corrected chi connectivity index (χ2v) is 6.99. The van der Waals surface area contributed by atoms with E-state index in [1.807, 2.05) is 6.92 Å². The molecule has 2 aromatic rings. The van der Waals surface area contributed by atoms with E-state index in [9.17, 15) is 4.79 Å². The Morgan fingerprint density at radius 1 is 1.42 bits per heavy atom. The summed E-state index contributed by atoms with van der Waals surface area (Å²) in [6.45, 7) is 5.12. The number of carbonyl (C=O) groups is 1. The molecule has 1 aliphatic rings. The molecule has 1 heterocycles. The van der Waals surface area contributed by atoms with Crippen molar-refractivity contribution in [2.45, 2.75) is 39.2 Å². The lowest BCUT2D eigenvalue weighted by molar-refractivity contribution is -0.124. The third kappa shape index (κ3) is 3.84. The summed E-state index contributed by atoms with van der Waals surface area (Å²) in [4.78, 5) is 16.1. The molecule has 2 unspecified atom stereocenters. The minimum atomic E-state index is -0.233. The summed E-state index contributed by atoms with van der Waals surface area (Å²) in [5, 5.41) is 7.59. The Morgan fingerprint density at radius 2 is 2.27 bits per heavy atom. The molecule has 4 heteroatoms. The fourth-order valence-electron chi connectivity index (χ4n) is 3.52. The molecule has 1 aliphatic carbocycles. The number of hydrogen-bond donors (Lipinski definition) is 3. The highest BCUT2D eigenvalue weighted by atomic mass is 16.1. The number of terminal acetylenes is 1. The molecule has 0 radical (unpaired) electrons. The first kappa shape index (κ1) is 18.3. The van der Waals surface area contributed by atoms with Crippen LogP contribution in [-0.4, -0.2) is 30.0 Å². The number of aromatic amines is 1. The molecule has 0 aliphatic heterocycles. The molecule has 1 aromatic carbocycles. The van der Waals surface area contributed by atoms with Gasteiger partial charge < -0.3 is 15.6 Å². The molecule has 136 valence electrons. The van der Waals surface area contributed by atoms with Crippen LogP contribution in [0.4, 0.5) is 0 Å².